The standard InChI is InChI=1S/C8H5.Sb.Zr.H/c1-2-8-6-4-3-5-7-8;;;/h2-6H;;;/q-1;;;. The van der Waals surface area contributed by atoms with Crippen LogP contribution < -0.4 is 3.51 Å². The SMILES string of the molecule is [C-]1=Cc2cccc[c]2[SbH]1.[Zr]. The van der Waals surface area contributed by atoms with Gasteiger partial charge in [0.15, 0.2) is 0 Å². The number of hydrogen-bond acceptors (Lipinski definition) is 0. The van der Waals surface area contributed by atoms with E-state index in [2.05, 4.69) is 34.4 Å². The van der Waals surface area contributed by atoms with Gasteiger partial charge in [-0.3, -0.25) is 0 Å². The minimum Gasteiger partial charge on any atom is 0 e. The maximum atomic E-state index is 3.33. The molecule has 0 N–H and O–H groups in total. The smallest absolute Gasteiger partial charge is 0 e. The van der Waals surface area contributed by atoms with Gasteiger partial charge in [-0.15, -0.1) is 0 Å². The first-order chi connectivity index (χ1) is 4.47. The van der Waals surface area contributed by atoms with E-state index in [1.54, 1.807) is 3.51 Å². The summed E-state index contributed by atoms with van der Waals surface area (Å²) >= 11 is -0.363. The normalized spacial score (nSPS) is 12.4. The number of fused-ring (bicyclic) bond motifs is 1. The van der Waals surface area contributed by atoms with Crippen LogP contribution in [0.2, 0.25) is 0 Å². The maximum Gasteiger partial charge on any atom is 0 e. The van der Waals surface area contributed by atoms with Crippen LogP contribution in [0.1, 0.15) is 5.56 Å². The first-order valence-corrected chi connectivity index (χ1v) is 5.76. The molecule has 0 saturated heterocycles. The summed E-state index contributed by atoms with van der Waals surface area (Å²) in [6, 6.07) is 8.58. The van der Waals surface area contributed by atoms with Crippen molar-refractivity contribution in [1.29, 1.82) is 0 Å². The molecule has 0 unspecified atom stereocenters. The molecule has 0 nitrogen and oxygen atoms in total. The first-order valence-electron chi connectivity index (χ1n) is 2.90. The zero-order chi connectivity index (χ0) is 6.10. The van der Waals surface area contributed by atoms with Crippen LogP contribution in [0.25, 0.3) is 6.08 Å². The Kier molecular flexibility index (Phi) is 3.40. The van der Waals surface area contributed by atoms with E-state index in [0.717, 1.165) is 0 Å². The summed E-state index contributed by atoms with van der Waals surface area (Å²) in [4.78, 5) is 0. The molecule has 0 amide bonds. The monoisotopic (exact) mass is 313 g/mol. The van der Waals surface area contributed by atoms with E-state index in [0.29, 0.717) is 0 Å². The Morgan fingerprint density at radius 2 is 2.00 bits per heavy atom. The van der Waals surface area contributed by atoms with E-state index in [1.165, 1.54) is 5.56 Å². The Hall–Kier alpha value is 0.661. The fourth-order valence-corrected chi connectivity index (χ4v) is 3.39. The Bertz CT molecular complexity index is 255. The van der Waals surface area contributed by atoms with Gasteiger partial charge in [0.25, 0.3) is 0 Å². The molecule has 1 aromatic carbocycles. The van der Waals surface area contributed by atoms with Crippen molar-refractivity contribution in [3.63, 3.8) is 0 Å². The van der Waals surface area contributed by atoms with Gasteiger partial charge in [-0.1, -0.05) is 0 Å². The Morgan fingerprint density at radius 3 is 2.80 bits per heavy atom. The molecule has 0 aromatic heterocycles. The minimum absolute atomic E-state index is 0. The third-order valence-corrected chi connectivity index (χ3v) is 4.29. The fourth-order valence-electron chi connectivity index (χ4n) is 0.928. The van der Waals surface area contributed by atoms with Crippen LogP contribution in [0, 0.1) is 4.02 Å². The second-order valence-electron chi connectivity index (χ2n) is 2.00. The molecule has 0 spiro atoms. The van der Waals surface area contributed by atoms with Crippen LogP contribution in [0.5, 0.6) is 0 Å². The maximum absolute atomic E-state index is 3.33. The van der Waals surface area contributed by atoms with Crippen molar-refractivity contribution in [2.75, 3.05) is 0 Å². The molecule has 0 aliphatic carbocycles. The van der Waals surface area contributed by atoms with Crippen molar-refractivity contribution in [2.24, 2.45) is 0 Å². The van der Waals surface area contributed by atoms with Gasteiger partial charge >= 0.3 is 65.1 Å². The molecule has 2 heteroatoms. The molecule has 0 saturated carbocycles. The van der Waals surface area contributed by atoms with E-state index >= 15 is 0 Å². The van der Waals surface area contributed by atoms with Crippen molar-refractivity contribution in [3.8, 4) is 0 Å². The van der Waals surface area contributed by atoms with Gasteiger partial charge in [-0.25, -0.2) is 0 Å². The van der Waals surface area contributed by atoms with E-state index in [9.17, 15) is 0 Å². The van der Waals surface area contributed by atoms with Gasteiger partial charge < -0.3 is 0 Å². The summed E-state index contributed by atoms with van der Waals surface area (Å²) in [5.74, 6) is 0. The molecule has 0 bridgehead atoms. The number of benzene rings is 1. The second kappa shape index (κ2) is 3.88. The van der Waals surface area contributed by atoms with Gasteiger partial charge in [0, 0.05) is 26.2 Å². The average Bonchev–Trinajstić information content (AvgIpc) is 2.33. The molecule has 2 rings (SSSR count). The second-order valence-corrected chi connectivity index (χ2v) is 5.08. The Labute approximate surface area is 90.4 Å². The van der Waals surface area contributed by atoms with Gasteiger partial charge in [0.05, 0.1) is 0 Å². The largest absolute Gasteiger partial charge is 0 e. The van der Waals surface area contributed by atoms with Crippen molar-refractivity contribution < 1.29 is 26.2 Å². The third kappa shape index (κ3) is 1.63. The molecule has 1 heterocycles. The summed E-state index contributed by atoms with van der Waals surface area (Å²) in [5, 5.41) is 0. The van der Waals surface area contributed by atoms with E-state index in [4.69, 9.17) is 0 Å². The first kappa shape index (κ1) is 8.76. The van der Waals surface area contributed by atoms with Gasteiger partial charge in [-0.2, -0.15) is 0 Å². The summed E-state index contributed by atoms with van der Waals surface area (Å²) in [6.07, 6.45) is 2.13. The Balaban J connectivity index is 0.000000500. The Morgan fingerprint density at radius 1 is 1.20 bits per heavy atom. The molecule has 10 heavy (non-hydrogen) atoms. The van der Waals surface area contributed by atoms with E-state index < -0.39 is 0 Å². The van der Waals surface area contributed by atoms with Crippen LogP contribution in [0.15, 0.2) is 24.3 Å². The van der Waals surface area contributed by atoms with Gasteiger partial charge in [-0.05, 0) is 0 Å². The van der Waals surface area contributed by atoms with Crippen LogP contribution in [0.4, 0.5) is 0 Å². The van der Waals surface area contributed by atoms with E-state index in [-0.39, 0.29) is 47.8 Å². The van der Waals surface area contributed by atoms with Crippen LogP contribution in [-0.4, -0.2) is 21.6 Å². The van der Waals surface area contributed by atoms with Crippen LogP contribution >= 0.6 is 0 Å². The topological polar surface area (TPSA) is 0 Å². The van der Waals surface area contributed by atoms with Crippen molar-refractivity contribution in [2.45, 2.75) is 0 Å². The molecule has 1 aromatic rings. The van der Waals surface area contributed by atoms with Crippen molar-refractivity contribution in [1.82, 2.24) is 0 Å². The molecule has 0 fully saturated rings. The number of rotatable bonds is 0. The van der Waals surface area contributed by atoms with Crippen LogP contribution in [0.3, 0.4) is 0 Å². The summed E-state index contributed by atoms with van der Waals surface area (Å²) in [6.45, 7) is 0. The summed E-state index contributed by atoms with van der Waals surface area (Å²) < 4.78 is 4.90. The fraction of sp³-hybridized carbons (Fsp3) is 0. The van der Waals surface area contributed by atoms with E-state index in [1.807, 2.05) is 0 Å². The third-order valence-electron chi connectivity index (χ3n) is 1.40. The summed E-state index contributed by atoms with van der Waals surface area (Å²) in [5.41, 5.74) is 1.41. The summed E-state index contributed by atoms with van der Waals surface area (Å²) in [7, 11) is 0. The molecule has 0 atom stereocenters. The van der Waals surface area contributed by atoms with Gasteiger partial charge in [0.1, 0.15) is 0 Å². The van der Waals surface area contributed by atoms with Gasteiger partial charge in [0.2, 0.25) is 0 Å². The predicted octanol–water partition coefficient (Wildman–Crippen LogP) is 0.533. The van der Waals surface area contributed by atoms with Crippen molar-refractivity contribution >= 4 is 31.2 Å². The number of hydrogen-bond donors (Lipinski definition) is 0. The average molecular weight is 315 g/mol. The molecule has 1 aliphatic heterocycles. The minimum atomic E-state index is -0.363. The molecule has 0 radical (unpaired) electrons. The molecular weight excluding hydrogens is 309 g/mol. The zero-order valence-corrected chi connectivity index (χ0v) is 10.7. The quantitative estimate of drug-likeness (QED) is 0.484. The van der Waals surface area contributed by atoms with Crippen LogP contribution in [-0.2, 0) is 26.2 Å². The van der Waals surface area contributed by atoms with Crippen molar-refractivity contribution in [3.05, 3.63) is 33.9 Å². The molecule has 1 aliphatic rings. The predicted molar refractivity (Wildman–Crippen MR) is 40.9 cm³/mol. The zero-order valence-electron chi connectivity index (χ0n) is 5.39. The molecule has 48 valence electrons. The molecular formula is C8H6SbZr-.